The zero-order valence-corrected chi connectivity index (χ0v) is 13.3. The number of carboxylic acid groups (broad SMARTS) is 1. The van der Waals surface area contributed by atoms with Gasteiger partial charge in [-0.1, -0.05) is 13.8 Å². The van der Waals surface area contributed by atoms with E-state index in [9.17, 15) is 14.7 Å². The Balaban J connectivity index is 2.13. The van der Waals surface area contributed by atoms with E-state index in [1.54, 1.807) is 16.8 Å². The lowest BCUT2D eigenvalue weighted by molar-refractivity contribution is -0.148. The molecule has 2 rings (SSSR count). The van der Waals surface area contributed by atoms with Crippen LogP contribution in [0.5, 0.6) is 0 Å². The van der Waals surface area contributed by atoms with Gasteiger partial charge in [0, 0.05) is 19.6 Å². The molecule has 1 atom stereocenters. The number of rotatable bonds is 2. The molecule has 0 aromatic heterocycles. The molecule has 0 bridgehead atoms. The van der Waals surface area contributed by atoms with Gasteiger partial charge in [-0.2, -0.15) is 0 Å². The van der Waals surface area contributed by atoms with Crippen molar-refractivity contribution in [3.63, 3.8) is 0 Å². The summed E-state index contributed by atoms with van der Waals surface area (Å²) >= 11 is 0. The monoisotopic (exact) mass is 297 g/mol. The van der Waals surface area contributed by atoms with Crippen molar-refractivity contribution < 1.29 is 14.7 Å². The molecule has 0 saturated carbocycles. The van der Waals surface area contributed by atoms with E-state index < -0.39 is 12.0 Å². The Morgan fingerprint density at radius 2 is 1.90 bits per heavy atom. The Morgan fingerprint density at radius 1 is 1.29 bits per heavy atom. The van der Waals surface area contributed by atoms with Gasteiger partial charge in [0.2, 0.25) is 0 Å². The first-order chi connectivity index (χ1) is 9.84. The number of urea groups is 1. The van der Waals surface area contributed by atoms with E-state index in [4.69, 9.17) is 0 Å². The summed E-state index contributed by atoms with van der Waals surface area (Å²) in [6, 6.07) is -0.664. The first-order valence-corrected chi connectivity index (χ1v) is 7.81. The van der Waals surface area contributed by atoms with E-state index in [1.165, 1.54) is 0 Å². The highest BCUT2D eigenvalue weighted by Gasteiger charge is 2.45. The zero-order valence-electron chi connectivity index (χ0n) is 13.3. The average molecular weight is 297 g/mol. The second-order valence-corrected chi connectivity index (χ2v) is 6.90. The fourth-order valence-electron chi connectivity index (χ4n) is 3.62. The fraction of sp³-hybridized carbons (Fsp3) is 0.867. The first-order valence-electron chi connectivity index (χ1n) is 7.81. The van der Waals surface area contributed by atoms with E-state index in [0.717, 1.165) is 38.8 Å². The van der Waals surface area contributed by atoms with Gasteiger partial charge in [0.1, 0.15) is 6.04 Å². The molecule has 0 aliphatic carbocycles. The molecule has 2 fully saturated rings. The van der Waals surface area contributed by atoms with Crippen molar-refractivity contribution in [2.45, 2.75) is 51.6 Å². The molecule has 2 aliphatic rings. The first kappa shape index (κ1) is 16.1. The number of carboxylic acids is 1. The van der Waals surface area contributed by atoms with Gasteiger partial charge >= 0.3 is 12.0 Å². The second-order valence-electron chi connectivity index (χ2n) is 6.90. The number of carbonyl (C=O) groups excluding carboxylic acids is 1. The molecule has 0 radical (unpaired) electrons. The van der Waals surface area contributed by atoms with E-state index in [2.05, 4.69) is 5.32 Å². The van der Waals surface area contributed by atoms with Crippen LogP contribution in [0, 0.1) is 5.41 Å². The Labute approximate surface area is 126 Å². The highest BCUT2D eigenvalue weighted by molar-refractivity contribution is 5.83. The molecule has 2 saturated heterocycles. The third-order valence-corrected chi connectivity index (χ3v) is 4.91. The number of carbonyl (C=O) groups is 2. The molecular weight excluding hydrogens is 270 g/mol. The van der Waals surface area contributed by atoms with Gasteiger partial charge in [0.25, 0.3) is 0 Å². The maximum atomic E-state index is 12.8. The predicted molar refractivity (Wildman–Crippen MR) is 80.2 cm³/mol. The van der Waals surface area contributed by atoms with Crippen LogP contribution in [0.3, 0.4) is 0 Å². The van der Waals surface area contributed by atoms with Crippen LogP contribution in [-0.4, -0.2) is 65.7 Å². The molecule has 2 aliphatic heterocycles. The minimum atomic E-state index is -0.897. The summed E-state index contributed by atoms with van der Waals surface area (Å²) in [5.74, 6) is -0.897. The Bertz CT molecular complexity index is 405. The van der Waals surface area contributed by atoms with Gasteiger partial charge in [-0.05, 0) is 44.2 Å². The minimum Gasteiger partial charge on any atom is -0.480 e. The van der Waals surface area contributed by atoms with Crippen molar-refractivity contribution in [1.82, 2.24) is 15.1 Å². The molecule has 2 N–H and O–H groups in total. The fourth-order valence-corrected chi connectivity index (χ4v) is 3.62. The van der Waals surface area contributed by atoms with Crippen LogP contribution in [0.2, 0.25) is 0 Å². The summed E-state index contributed by atoms with van der Waals surface area (Å²) in [4.78, 5) is 27.7. The second kappa shape index (κ2) is 6.22. The third kappa shape index (κ3) is 3.31. The lowest BCUT2D eigenvalue weighted by Gasteiger charge is -2.46. The molecule has 0 spiro atoms. The molecule has 2 heterocycles. The highest BCUT2D eigenvalue weighted by Crippen LogP contribution is 2.36. The van der Waals surface area contributed by atoms with E-state index in [1.807, 2.05) is 13.8 Å². The summed E-state index contributed by atoms with van der Waals surface area (Å²) in [6.45, 7) is 6.24. The van der Waals surface area contributed by atoms with Gasteiger partial charge < -0.3 is 20.2 Å². The number of amides is 2. The molecule has 0 aromatic rings. The number of hydrogen-bond acceptors (Lipinski definition) is 3. The van der Waals surface area contributed by atoms with Gasteiger partial charge in [-0.3, -0.25) is 0 Å². The lowest BCUT2D eigenvalue weighted by Crippen LogP contribution is -2.60. The molecule has 21 heavy (non-hydrogen) atoms. The van der Waals surface area contributed by atoms with Gasteiger partial charge in [0.05, 0.1) is 0 Å². The van der Waals surface area contributed by atoms with Crippen molar-refractivity contribution >= 4 is 12.0 Å². The summed E-state index contributed by atoms with van der Waals surface area (Å²) in [6.07, 6.45) is 3.56. The number of nitrogens with one attached hydrogen (secondary N) is 1. The quantitative estimate of drug-likeness (QED) is 0.807. The molecule has 2 amide bonds. The lowest BCUT2D eigenvalue weighted by atomic mass is 9.76. The standard InChI is InChI=1S/C15H27N3O3/c1-15(2)7-4-10-18(12(15)13(19)20)14(21)17(3)11-5-8-16-9-6-11/h11-12,16H,4-10H2,1-3H3,(H,19,20). The van der Waals surface area contributed by atoms with Gasteiger partial charge in [0.15, 0.2) is 0 Å². The number of hydrogen-bond donors (Lipinski definition) is 2. The molecule has 6 nitrogen and oxygen atoms in total. The maximum absolute atomic E-state index is 12.8. The van der Waals surface area contributed by atoms with Crippen molar-refractivity contribution in [2.24, 2.45) is 5.41 Å². The van der Waals surface area contributed by atoms with Crippen LogP contribution >= 0.6 is 0 Å². The number of piperidine rings is 2. The van der Waals surface area contributed by atoms with Crippen LogP contribution < -0.4 is 5.32 Å². The topological polar surface area (TPSA) is 72.9 Å². The molecular formula is C15H27N3O3. The van der Waals surface area contributed by atoms with Crippen LogP contribution in [0.15, 0.2) is 0 Å². The van der Waals surface area contributed by atoms with Gasteiger partial charge in [-0.25, -0.2) is 9.59 Å². The van der Waals surface area contributed by atoms with E-state index in [0.29, 0.717) is 6.54 Å². The SMILES string of the molecule is CN(C(=O)N1CCCC(C)(C)C1C(=O)O)C1CCNCC1. The van der Waals surface area contributed by atoms with Crippen LogP contribution in [0.4, 0.5) is 4.79 Å². The smallest absolute Gasteiger partial charge is 0.327 e. The number of nitrogens with zero attached hydrogens (tertiary/aromatic N) is 2. The number of aliphatic carboxylic acids is 1. The normalized spacial score (nSPS) is 26.4. The van der Waals surface area contributed by atoms with Crippen molar-refractivity contribution in [2.75, 3.05) is 26.7 Å². The van der Waals surface area contributed by atoms with E-state index in [-0.39, 0.29) is 17.5 Å². The Morgan fingerprint density at radius 3 is 2.48 bits per heavy atom. The highest BCUT2D eigenvalue weighted by atomic mass is 16.4. The van der Waals surface area contributed by atoms with E-state index >= 15 is 0 Å². The zero-order chi connectivity index (χ0) is 15.6. The van der Waals surface area contributed by atoms with Crippen molar-refractivity contribution in [3.8, 4) is 0 Å². The van der Waals surface area contributed by atoms with Crippen molar-refractivity contribution in [1.29, 1.82) is 0 Å². The van der Waals surface area contributed by atoms with Crippen LogP contribution in [0.1, 0.15) is 39.5 Å². The Hall–Kier alpha value is -1.30. The molecule has 1 unspecified atom stereocenters. The minimum absolute atomic E-state index is 0.137. The largest absolute Gasteiger partial charge is 0.480 e. The summed E-state index contributed by atoms with van der Waals surface area (Å²) < 4.78 is 0. The molecule has 6 heteroatoms. The number of likely N-dealkylation sites (tertiary alicyclic amines) is 1. The maximum Gasteiger partial charge on any atom is 0.327 e. The predicted octanol–water partition coefficient (Wildman–Crippen LogP) is 1.37. The molecule has 0 aromatic carbocycles. The summed E-state index contributed by atoms with van der Waals surface area (Å²) in [5, 5.41) is 12.8. The Kier molecular flexibility index (Phi) is 4.76. The summed E-state index contributed by atoms with van der Waals surface area (Å²) in [7, 11) is 1.80. The van der Waals surface area contributed by atoms with Crippen LogP contribution in [0.25, 0.3) is 0 Å². The van der Waals surface area contributed by atoms with Crippen LogP contribution in [-0.2, 0) is 4.79 Å². The summed E-state index contributed by atoms with van der Waals surface area (Å²) in [5.41, 5.74) is -0.380. The third-order valence-electron chi connectivity index (χ3n) is 4.91. The molecule has 120 valence electrons. The average Bonchev–Trinajstić information content (AvgIpc) is 2.45. The van der Waals surface area contributed by atoms with Gasteiger partial charge in [-0.15, -0.1) is 0 Å². The van der Waals surface area contributed by atoms with Crippen molar-refractivity contribution in [3.05, 3.63) is 0 Å².